The smallest absolute Gasteiger partial charge is 0.318 e. The molecule has 84 valence electrons. The van der Waals surface area contributed by atoms with Crippen LogP contribution in [0.1, 0.15) is 6.42 Å². The molecule has 3 N–H and O–H groups in total. The van der Waals surface area contributed by atoms with E-state index in [1.54, 1.807) is 11.9 Å². The lowest BCUT2D eigenvalue weighted by atomic mass is 9.94. The van der Waals surface area contributed by atoms with Crippen LogP contribution in [0.5, 0.6) is 0 Å². The molecule has 2 saturated heterocycles. The summed E-state index contributed by atoms with van der Waals surface area (Å²) in [5.41, 5.74) is -0.228. The number of hydrogen-bond acceptors (Lipinski definition) is 3. The molecule has 0 unspecified atom stereocenters. The van der Waals surface area contributed by atoms with E-state index in [2.05, 4.69) is 16.0 Å². The van der Waals surface area contributed by atoms with Crippen molar-refractivity contribution < 1.29 is 9.59 Å². The topological polar surface area (TPSA) is 73.5 Å². The summed E-state index contributed by atoms with van der Waals surface area (Å²) in [6, 6.07) is -0.173. The van der Waals surface area contributed by atoms with Crippen LogP contribution >= 0.6 is 0 Å². The Balaban J connectivity index is 2.20. The van der Waals surface area contributed by atoms with Crippen molar-refractivity contribution in [1.82, 2.24) is 20.9 Å². The van der Waals surface area contributed by atoms with Crippen LogP contribution in [-0.4, -0.2) is 55.6 Å². The van der Waals surface area contributed by atoms with Crippen molar-refractivity contribution in [1.29, 1.82) is 0 Å². The van der Waals surface area contributed by atoms with Crippen molar-refractivity contribution in [2.24, 2.45) is 0 Å². The lowest BCUT2D eigenvalue weighted by molar-refractivity contribution is -0.126. The fourth-order valence-electron chi connectivity index (χ4n) is 2.26. The first-order valence-electron chi connectivity index (χ1n) is 5.15. The second-order valence-electron chi connectivity index (χ2n) is 4.07. The highest BCUT2D eigenvalue weighted by atomic mass is 16.2. The van der Waals surface area contributed by atoms with Gasteiger partial charge in [0.1, 0.15) is 6.54 Å². The molecule has 2 heterocycles. The molecule has 2 fully saturated rings. The fraction of sp³-hybridized carbons (Fsp3) is 0.778. The molecule has 0 radical (unpaired) electrons. The summed E-state index contributed by atoms with van der Waals surface area (Å²) in [4.78, 5) is 24.6. The third-order valence-corrected chi connectivity index (χ3v) is 3.17. The summed E-state index contributed by atoms with van der Waals surface area (Å²) in [5.74, 6) is -0.0869. The molecule has 2 rings (SSSR count). The van der Waals surface area contributed by atoms with Crippen LogP contribution in [-0.2, 0) is 4.79 Å². The van der Waals surface area contributed by atoms with Crippen molar-refractivity contribution in [3.05, 3.63) is 0 Å². The third-order valence-electron chi connectivity index (χ3n) is 3.17. The normalized spacial score (nSPS) is 30.5. The Bertz CT molecular complexity index is 286. The maximum absolute atomic E-state index is 11.7. The van der Waals surface area contributed by atoms with Gasteiger partial charge in [0, 0.05) is 20.1 Å². The molecule has 1 spiro atoms. The number of nitrogens with zero attached hydrogens (tertiary/aromatic N) is 1. The van der Waals surface area contributed by atoms with Crippen LogP contribution in [0.2, 0.25) is 0 Å². The highest BCUT2D eigenvalue weighted by molar-refractivity contribution is 5.86. The number of piperazine rings is 1. The number of carbonyl (C=O) groups excluding carboxylic acids is 2. The van der Waals surface area contributed by atoms with Gasteiger partial charge in [-0.3, -0.25) is 4.79 Å². The summed E-state index contributed by atoms with van der Waals surface area (Å²) >= 11 is 0. The zero-order chi connectivity index (χ0) is 10.9. The van der Waals surface area contributed by atoms with Gasteiger partial charge in [-0.1, -0.05) is 0 Å². The lowest BCUT2D eigenvalue weighted by Gasteiger charge is -2.43. The van der Waals surface area contributed by atoms with Gasteiger partial charge in [0.15, 0.2) is 0 Å². The predicted octanol–water partition coefficient (Wildman–Crippen LogP) is -1.51. The standard InChI is InChI=1S/C9H16N4O2/c1-10-8(15)13-4-7(14)12-6-9(13)2-3-11-5-9/h11H,2-6H2,1H3,(H,10,15)(H,12,14)/t9-/m0/s1. The van der Waals surface area contributed by atoms with E-state index in [1.807, 2.05) is 0 Å². The van der Waals surface area contributed by atoms with E-state index in [4.69, 9.17) is 0 Å². The number of urea groups is 1. The van der Waals surface area contributed by atoms with Gasteiger partial charge in [-0.25, -0.2) is 4.79 Å². The first-order chi connectivity index (χ1) is 7.18. The van der Waals surface area contributed by atoms with Gasteiger partial charge in [-0.2, -0.15) is 0 Å². The van der Waals surface area contributed by atoms with Crippen LogP contribution in [0.15, 0.2) is 0 Å². The number of carbonyl (C=O) groups is 2. The maximum Gasteiger partial charge on any atom is 0.318 e. The minimum absolute atomic E-state index is 0.0869. The van der Waals surface area contributed by atoms with Gasteiger partial charge in [0.05, 0.1) is 5.54 Å². The number of hydrogen-bond donors (Lipinski definition) is 3. The Kier molecular flexibility index (Phi) is 2.52. The molecule has 0 saturated carbocycles. The molecule has 15 heavy (non-hydrogen) atoms. The molecule has 6 heteroatoms. The second-order valence-corrected chi connectivity index (χ2v) is 4.07. The van der Waals surface area contributed by atoms with Gasteiger partial charge in [0.2, 0.25) is 5.91 Å². The number of amides is 3. The van der Waals surface area contributed by atoms with Gasteiger partial charge >= 0.3 is 6.03 Å². The molecule has 0 bridgehead atoms. The molecule has 2 aliphatic heterocycles. The fourth-order valence-corrected chi connectivity index (χ4v) is 2.26. The molecule has 0 aliphatic carbocycles. The molecular formula is C9H16N4O2. The van der Waals surface area contributed by atoms with E-state index in [1.165, 1.54) is 0 Å². The lowest BCUT2D eigenvalue weighted by Crippen LogP contribution is -2.67. The minimum Gasteiger partial charge on any atom is -0.352 e. The van der Waals surface area contributed by atoms with Gasteiger partial charge in [-0.05, 0) is 13.0 Å². The van der Waals surface area contributed by atoms with E-state index < -0.39 is 0 Å². The first-order valence-corrected chi connectivity index (χ1v) is 5.15. The molecule has 6 nitrogen and oxygen atoms in total. The van der Waals surface area contributed by atoms with Crippen LogP contribution in [0.25, 0.3) is 0 Å². The zero-order valence-electron chi connectivity index (χ0n) is 8.80. The third kappa shape index (κ3) is 1.65. The minimum atomic E-state index is -0.228. The molecule has 0 aromatic carbocycles. The molecule has 1 atom stereocenters. The quantitative estimate of drug-likeness (QED) is 0.457. The van der Waals surface area contributed by atoms with Crippen LogP contribution in [0, 0.1) is 0 Å². The SMILES string of the molecule is CNC(=O)N1CC(=O)NC[C@@]12CCNC2. The summed E-state index contributed by atoms with van der Waals surface area (Å²) < 4.78 is 0. The van der Waals surface area contributed by atoms with Crippen molar-refractivity contribution >= 4 is 11.9 Å². The van der Waals surface area contributed by atoms with E-state index in [-0.39, 0.29) is 24.0 Å². The molecule has 3 amide bonds. The summed E-state index contributed by atoms with van der Waals surface area (Å²) in [7, 11) is 1.59. The number of rotatable bonds is 0. The predicted molar refractivity (Wildman–Crippen MR) is 54.4 cm³/mol. The Morgan fingerprint density at radius 3 is 2.93 bits per heavy atom. The highest BCUT2D eigenvalue weighted by Crippen LogP contribution is 2.24. The molecular weight excluding hydrogens is 196 g/mol. The average molecular weight is 212 g/mol. The van der Waals surface area contributed by atoms with Crippen LogP contribution in [0.3, 0.4) is 0 Å². The second kappa shape index (κ2) is 3.69. The largest absolute Gasteiger partial charge is 0.352 e. The highest BCUT2D eigenvalue weighted by Gasteiger charge is 2.45. The van der Waals surface area contributed by atoms with Gasteiger partial charge in [0.25, 0.3) is 0 Å². The van der Waals surface area contributed by atoms with Crippen LogP contribution < -0.4 is 16.0 Å². The summed E-state index contributed by atoms with van der Waals surface area (Å²) in [5, 5.41) is 8.64. The average Bonchev–Trinajstić information content (AvgIpc) is 2.70. The summed E-state index contributed by atoms with van der Waals surface area (Å²) in [6.07, 6.45) is 0.890. The van der Waals surface area contributed by atoms with Crippen molar-refractivity contribution in [3.8, 4) is 0 Å². The Morgan fingerprint density at radius 1 is 1.53 bits per heavy atom. The Morgan fingerprint density at radius 2 is 2.33 bits per heavy atom. The number of nitrogens with one attached hydrogen (secondary N) is 3. The van der Waals surface area contributed by atoms with Crippen LogP contribution in [0.4, 0.5) is 4.79 Å². The van der Waals surface area contributed by atoms with Gasteiger partial charge < -0.3 is 20.9 Å². The van der Waals surface area contributed by atoms with Crippen molar-refractivity contribution in [3.63, 3.8) is 0 Å². The monoisotopic (exact) mass is 212 g/mol. The molecule has 0 aromatic heterocycles. The maximum atomic E-state index is 11.7. The van der Waals surface area contributed by atoms with E-state index in [0.717, 1.165) is 19.5 Å². The molecule has 0 aromatic rings. The van der Waals surface area contributed by atoms with E-state index in [9.17, 15) is 9.59 Å². The zero-order valence-corrected chi connectivity index (χ0v) is 8.80. The first kappa shape index (κ1) is 10.2. The Labute approximate surface area is 88.4 Å². The Hall–Kier alpha value is -1.30. The van der Waals surface area contributed by atoms with E-state index in [0.29, 0.717) is 6.54 Å². The van der Waals surface area contributed by atoms with Crippen molar-refractivity contribution in [2.45, 2.75) is 12.0 Å². The summed E-state index contributed by atoms with van der Waals surface area (Å²) in [6.45, 7) is 2.34. The van der Waals surface area contributed by atoms with Gasteiger partial charge in [-0.15, -0.1) is 0 Å². The van der Waals surface area contributed by atoms with Crippen molar-refractivity contribution in [2.75, 3.05) is 33.2 Å². The molecule has 2 aliphatic rings. The van der Waals surface area contributed by atoms with E-state index >= 15 is 0 Å².